The summed E-state index contributed by atoms with van der Waals surface area (Å²) in [6.45, 7) is 0.604. The summed E-state index contributed by atoms with van der Waals surface area (Å²) in [5.41, 5.74) is 3.46. The smallest absolute Gasteiger partial charge is 0.243 e. The number of piperidine rings is 1. The van der Waals surface area contributed by atoms with Gasteiger partial charge in [0.15, 0.2) is 0 Å². The summed E-state index contributed by atoms with van der Waals surface area (Å²) in [6.07, 6.45) is 1.30. The molecule has 7 nitrogen and oxygen atoms in total. The van der Waals surface area contributed by atoms with Gasteiger partial charge in [0.25, 0.3) is 0 Å². The number of anilines is 1. The molecule has 2 N–H and O–H groups in total. The number of hydrogen-bond acceptors (Lipinski definition) is 4. The van der Waals surface area contributed by atoms with Crippen molar-refractivity contribution in [1.29, 1.82) is 0 Å². The minimum atomic E-state index is -3.61. The highest BCUT2D eigenvalue weighted by atomic mass is 32.2. The number of benzene rings is 3. The number of nitrogens with zero attached hydrogens (tertiary/aromatic N) is 2. The second kappa shape index (κ2) is 8.80. The maximum Gasteiger partial charge on any atom is 0.243 e. The lowest BCUT2D eigenvalue weighted by Gasteiger charge is -2.31. The maximum atomic E-state index is 12.9. The van der Waals surface area contributed by atoms with E-state index in [4.69, 9.17) is 0 Å². The molecule has 1 saturated heterocycles. The number of aromatic nitrogens is 2. The van der Waals surface area contributed by atoms with E-state index in [2.05, 4.69) is 15.3 Å². The Hall–Kier alpha value is -3.49. The van der Waals surface area contributed by atoms with E-state index in [1.807, 2.05) is 48.5 Å². The Balaban J connectivity index is 1.26. The van der Waals surface area contributed by atoms with Gasteiger partial charge in [-0.05, 0) is 61.4 Å². The van der Waals surface area contributed by atoms with Crippen molar-refractivity contribution in [3.05, 3.63) is 78.9 Å². The Labute approximate surface area is 192 Å². The average molecular weight is 461 g/mol. The Kier molecular flexibility index (Phi) is 5.70. The third-order valence-electron chi connectivity index (χ3n) is 5.95. The van der Waals surface area contributed by atoms with Crippen molar-refractivity contribution in [1.82, 2.24) is 14.3 Å². The van der Waals surface area contributed by atoms with Gasteiger partial charge in [-0.25, -0.2) is 13.4 Å². The van der Waals surface area contributed by atoms with Crippen LogP contribution in [-0.2, 0) is 14.8 Å². The van der Waals surface area contributed by atoms with Crippen LogP contribution in [0.5, 0.6) is 0 Å². The molecule has 0 aliphatic carbocycles. The number of hydrogen-bond donors (Lipinski definition) is 2. The van der Waals surface area contributed by atoms with Crippen molar-refractivity contribution in [2.24, 2.45) is 5.92 Å². The number of fused-ring (bicyclic) bond motifs is 1. The molecule has 1 fully saturated rings. The van der Waals surface area contributed by atoms with E-state index in [-0.39, 0.29) is 17.3 Å². The number of carbonyl (C=O) groups excluding carboxylic acids is 1. The van der Waals surface area contributed by atoms with Crippen LogP contribution in [0.3, 0.4) is 0 Å². The van der Waals surface area contributed by atoms with Crippen LogP contribution in [0.25, 0.3) is 22.4 Å². The number of rotatable bonds is 5. The number of para-hydroxylation sites is 2. The first-order valence-corrected chi connectivity index (χ1v) is 12.4. The molecule has 4 aromatic rings. The normalized spacial score (nSPS) is 17.2. The van der Waals surface area contributed by atoms with Crippen molar-refractivity contribution < 1.29 is 13.2 Å². The van der Waals surface area contributed by atoms with Gasteiger partial charge in [0.05, 0.1) is 21.8 Å². The van der Waals surface area contributed by atoms with Crippen molar-refractivity contribution in [2.75, 3.05) is 18.4 Å². The molecular formula is C25H24N4O3S. The summed E-state index contributed by atoms with van der Waals surface area (Å²) >= 11 is 0. The SMILES string of the molecule is O=C(Nc1ccc(-c2nc3ccccc3[nH]2)cc1)C1CCCN(S(=O)(=O)c2ccccc2)C1. The van der Waals surface area contributed by atoms with Crippen LogP contribution in [0.2, 0.25) is 0 Å². The summed E-state index contributed by atoms with van der Waals surface area (Å²) in [5, 5.41) is 2.94. The van der Waals surface area contributed by atoms with E-state index in [0.29, 0.717) is 25.1 Å². The lowest BCUT2D eigenvalue weighted by molar-refractivity contribution is -0.120. The lowest BCUT2D eigenvalue weighted by Crippen LogP contribution is -2.43. The first-order chi connectivity index (χ1) is 16.0. The molecule has 0 saturated carbocycles. The fourth-order valence-corrected chi connectivity index (χ4v) is 5.71. The third-order valence-corrected chi connectivity index (χ3v) is 7.83. The van der Waals surface area contributed by atoms with Crippen LogP contribution >= 0.6 is 0 Å². The third kappa shape index (κ3) is 4.40. The topological polar surface area (TPSA) is 95.2 Å². The molecule has 1 aromatic heterocycles. The van der Waals surface area contributed by atoms with Crippen LogP contribution in [-0.4, -0.2) is 41.7 Å². The minimum Gasteiger partial charge on any atom is -0.338 e. The number of sulfonamides is 1. The zero-order chi connectivity index (χ0) is 22.8. The first kappa shape index (κ1) is 21.4. The van der Waals surface area contributed by atoms with Gasteiger partial charge in [-0.3, -0.25) is 4.79 Å². The number of aromatic amines is 1. The Morgan fingerprint density at radius 3 is 2.45 bits per heavy atom. The number of carbonyl (C=O) groups is 1. The second-order valence-electron chi connectivity index (χ2n) is 8.18. The van der Waals surface area contributed by atoms with E-state index in [1.54, 1.807) is 30.3 Å². The summed E-state index contributed by atoms with van der Waals surface area (Å²) in [7, 11) is -3.61. The first-order valence-electron chi connectivity index (χ1n) is 10.9. The van der Waals surface area contributed by atoms with E-state index in [9.17, 15) is 13.2 Å². The Morgan fingerprint density at radius 2 is 1.70 bits per heavy atom. The maximum absolute atomic E-state index is 12.9. The highest BCUT2D eigenvalue weighted by Gasteiger charge is 2.33. The monoisotopic (exact) mass is 460 g/mol. The Bertz CT molecular complexity index is 1350. The van der Waals surface area contributed by atoms with Crippen LogP contribution in [0.15, 0.2) is 83.8 Å². The van der Waals surface area contributed by atoms with Crippen molar-refractivity contribution in [2.45, 2.75) is 17.7 Å². The van der Waals surface area contributed by atoms with Gasteiger partial charge in [0.1, 0.15) is 5.82 Å². The molecule has 2 heterocycles. The molecule has 1 aliphatic heterocycles. The van der Waals surface area contributed by atoms with Crippen molar-refractivity contribution in [3.8, 4) is 11.4 Å². The molecule has 1 amide bonds. The van der Waals surface area contributed by atoms with Gasteiger partial charge < -0.3 is 10.3 Å². The fraction of sp³-hybridized carbons (Fsp3) is 0.200. The molecule has 0 radical (unpaired) electrons. The molecule has 168 valence electrons. The Morgan fingerprint density at radius 1 is 0.970 bits per heavy atom. The van der Waals surface area contributed by atoms with Gasteiger partial charge in [0.2, 0.25) is 15.9 Å². The molecule has 1 atom stereocenters. The van der Waals surface area contributed by atoms with Gasteiger partial charge in [0, 0.05) is 24.3 Å². The zero-order valence-corrected chi connectivity index (χ0v) is 18.8. The molecule has 1 aliphatic rings. The zero-order valence-electron chi connectivity index (χ0n) is 17.9. The number of imidazole rings is 1. The highest BCUT2D eigenvalue weighted by Crippen LogP contribution is 2.26. The van der Waals surface area contributed by atoms with Crippen molar-refractivity contribution >= 4 is 32.7 Å². The molecule has 8 heteroatoms. The van der Waals surface area contributed by atoms with Gasteiger partial charge in [-0.2, -0.15) is 4.31 Å². The van der Waals surface area contributed by atoms with Crippen molar-refractivity contribution in [3.63, 3.8) is 0 Å². The van der Waals surface area contributed by atoms with E-state index >= 15 is 0 Å². The second-order valence-corrected chi connectivity index (χ2v) is 10.1. The van der Waals surface area contributed by atoms with Crippen LogP contribution in [0.1, 0.15) is 12.8 Å². The van der Waals surface area contributed by atoms with E-state index in [1.165, 1.54) is 4.31 Å². The van der Waals surface area contributed by atoms with Gasteiger partial charge in [-0.15, -0.1) is 0 Å². The number of H-pyrrole nitrogens is 1. The van der Waals surface area contributed by atoms with Crippen LogP contribution in [0, 0.1) is 5.92 Å². The largest absolute Gasteiger partial charge is 0.338 e. The summed E-state index contributed by atoms with van der Waals surface area (Å²) < 4.78 is 27.3. The van der Waals surface area contributed by atoms with Crippen LogP contribution < -0.4 is 5.32 Å². The molecule has 3 aromatic carbocycles. The summed E-state index contributed by atoms with van der Waals surface area (Å²) in [6, 6.07) is 23.7. The van der Waals surface area contributed by atoms with Crippen LogP contribution in [0.4, 0.5) is 5.69 Å². The average Bonchev–Trinajstić information content (AvgIpc) is 3.29. The fourth-order valence-electron chi connectivity index (χ4n) is 4.16. The van der Waals surface area contributed by atoms with Gasteiger partial charge in [-0.1, -0.05) is 30.3 Å². The molecule has 0 bridgehead atoms. The van der Waals surface area contributed by atoms with E-state index in [0.717, 1.165) is 22.4 Å². The minimum absolute atomic E-state index is 0.167. The quantitative estimate of drug-likeness (QED) is 0.465. The molecule has 0 spiro atoms. The highest BCUT2D eigenvalue weighted by molar-refractivity contribution is 7.89. The lowest BCUT2D eigenvalue weighted by atomic mass is 9.98. The van der Waals surface area contributed by atoms with Gasteiger partial charge >= 0.3 is 0 Å². The summed E-state index contributed by atoms with van der Waals surface area (Å²) in [4.78, 5) is 21.0. The predicted molar refractivity (Wildman–Crippen MR) is 128 cm³/mol. The number of amides is 1. The predicted octanol–water partition coefficient (Wildman–Crippen LogP) is 4.27. The molecule has 33 heavy (non-hydrogen) atoms. The summed E-state index contributed by atoms with van der Waals surface area (Å²) in [5.74, 6) is 0.204. The molecular weight excluding hydrogens is 436 g/mol. The van der Waals surface area contributed by atoms with E-state index < -0.39 is 15.9 Å². The number of nitrogens with one attached hydrogen (secondary N) is 2. The molecule has 5 rings (SSSR count). The standard InChI is InChI=1S/C25H24N4O3S/c30-25(19-7-6-16-29(17-19)33(31,32)21-8-2-1-3-9-21)26-20-14-12-18(13-15-20)24-27-22-10-4-5-11-23(22)28-24/h1-5,8-15,19H,6-7,16-17H2,(H,26,30)(H,27,28). The molecule has 1 unspecified atom stereocenters.